The molecule has 4 rings (SSSR count). The molecule has 3 aliphatic rings. The first-order valence-electron chi connectivity index (χ1n) is 9.60. The number of fused-ring (bicyclic) bond motifs is 1. The molecule has 9 nitrogen and oxygen atoms in total. The van der Waals surface area contributed by atoms with Crippen LogP contribution in [-0.4, -0.2) is 48.9 Å². The first kappa shape index (κ1) is 18.3. The quantitative estimate of drug-likeness (QED) is 0.592. The number of amides is 4. The number of nitrogens with zero attached hydrogens (tertiary/aromatic N) is 4. The summed E-state index contributed by atoms with van der Waals surface area (Å²) in [5.74, 6) is 0.287. The van der Waals surface area contributed by atoms with Crippen molar-refractivity contribution in [1.29, 1.82) is 0 Å². The molecule has 0 aromatic carbocycles. The summed E-state index contributed by atoms with van der Waals surface area (Å²) in [7, 11) is 0. The number of hydrogen-bond donors (Lipinski definition) is 2. The molecule has 1 saturated heterocycles. The van der Waals surface area contributed by atoms with Gasteiger partial charge >= 0.3 is 6.03 Å². The molecule has 10 heteroatoms. The first-order valence-corrected chi connectivity index (χ1v) is 10.6. The maximum Gasteiger partial charge on any atom is 0.344 e. The van der Waals surface area contributed by atoms with Gasteiger partial charge in [0.2, 0.25) is 5.91 Å². The van der Waals surface area contributed by atoms with E-state index in [4.69, 9.17) is 0 Å². The number of carbonyl (C=O) groups excluding carboxylic acids is 3. The molecule has 27 heavy (non-hydrogen) atoms. The molecule has 1 aromatic rings. The van der Waals surface area contributed by atoms with Crippen LogP contribution in [-0.2, 0) is 22.6 Å². The van der Waals surface area contributed by atoms with E-state index in [9.17, 15) is 14.4 Å². The second-order valence-electron chi connectivity index (χ2n) is 7.40. The summed E-state index contributed by atoms with van der Waals surface area (Å²) >= 11 is 1.28. The van der Waals surface area contributed by atoms with Crippen LogP contribution in [0.25, 0.3) is 0 Å². The van der Waals surface area contributed by atoms with E-state index in [1.54, 1.807) is 0 Å². The van der Waals surface area contributed by atoms with E-state index in [0.29, 0.717) is 18.0 Å². The third kappa shape index (κ3) is 3.54. The van der Waals surface area contributed by atoms with Crippen molar-refractivity contribution in [3.05, 3.63) is 5.82 Å². The van der Waals surface area contributed by atoms with E-state index in [0.717, 1.165) is 55.9 Å². The summed E-state index contributed by atoms with van der Waals surface area (Å²) in [4.78, 5) is 37.2. The largest absolute Gasteiger partial charge is 0.344 e. The molecule has 1 spiro atoms. The smallest absolute Gasteiger partial charge is 0.322 e. The highest BCUT2D eigenvalue weighted by atomic mass is 32.2. The number of rotatable bonds is 4. The lowest BCUT2D eigenvalue weighted by Crippen LogP contribution is -2.51. The van der Waals surface area contributed by atoms with Gasteiger partial charge in [-0.15, -0.1) is 10.2 Å². The third-order valence-corrected chi connectivity index (χ3v) is 6.48. The van der Waals surface area contributed by atoms with Gasteiger partial charge in [0.05, 0.1) is 5.75 Å². The normalized spacial score (nSPS) is 21.7. The molecule has 0 atom stereocenters. The summed E-state index contributed by atoms with van der Waals surface area (Å²) in [6.07, 6.45) is 8.40. The number of carbonyl (C=O) groups is 3. The second kappa shape index (κ2) is 7.49. The highest BCUT2D eigenvalue weighted by Crippen LogP contribution is 2.33. The number of aryl methyl sites for hydroxylation is 1. The maximum absolute atomic E-state index is 12.7. The van der Waals surface area contributed by atoms with Crippen LogP contribution in [0, 0.1) is 0 Å². The van der Waals surface area contributed by atoms with Gasteiger partial charge in [-0.2, -0.15) is 5.01 Å². The van der Waals surface area contributed by atoms with Crippen molar-refractivity contribution in [2.75, 3.05) is 5.75 Å². The van der Waals surface area contributed by atoms with Crippen LogP contribution in [0.1, 0.15) is 57.2 Å². The van der Waals surface area contributed by atoms with Crippen LogP contribution in [0.2, 0.25) is 0 Å². The van der Waals surface area contributed by atoms with Crippen molar-refractivity contribution in [3.63, 3.8) is 0 Å². The number of thioether (sulfide) groups is 1. The van der Waals surface area contributed by atoms with Crippen molar-refractivity contribution in [3.8, 4) is 0 Å². The standard InChI is InChI=1S/C17H24N6O3S/c24-13(11-27-16-20-19-12-7-3-1-6-10-22(12)16)21-23-14(25)17(18-15(23)26)8-4-2-5-9-17/h1-11H2,(H,18,26)(H,21,24). The van der Waals surface area contributed by atoms with Gasteiger partial charge in [0.15, 0.2) is 5.16 Å². The highest BCUT2D eigenvalue weighted by molar-refractivity contribution is 7.99. The Labute approximate surface area is 161 Å². The minimum Gasteiger partial charge on any atom is -0.322 e. The van der Waals surface area contributed by atoms with Crippen LogP contribution in [0.4, 0.5) is 4.79 Å². The monoisotopic (exact) mass is 392 g/mol. The fraction of sp³-hybridized carbons (Fsp3) is 0.706. The van der Waals surface area contributed by atoms with E-state index in [1.807, 2.05) is 0 Å². The number of nitrogens with one attached hydrogen (secondary N) is 2. The van der Waals surface area contributed by atoms with Gasteiger partial charge in [0, 0.05) is 13.0 Å². The Bertz CT molecular complexity index is 758. The number of aromatic nitrogens is 3. The van der Waals surface area contributed by atoms with Crippen LogP contribution >= 0.6 is 11.8 Å². The van der Waals surface area contributed by atoms with Crippen molar-refractivity contribution in [2.24, 2.45) is 0 Å². The van der Waals surface area contributed by atoms with E-state index in [-0.39, 0.29) is 11.7 Å². The predicted molar refractivity (Wildman–Crippen MR) is 97.6 cm³/mol. The molecule has 2 aliphatic heterocycles. The van der Waals surface area contributed by atoms with Gasteiger partial charge in [0.1, 0.15) is 11.4 Å². The molecule has 0 radical (unpaired) electrons. The Morgan fingerprint density at radius 1 is 1.11 bits per heavy atom. The van der Waals surface area contributed by atoms with Crippen LogP contribution in [0.3, 0.4) is 0 Å². The van der Waals surface area contributed by atoms with Crippen molar-refractivity contribution in [1.82, 2.24) is 30.5 Å². The van der Waals surface area contributed by atoms with Gasteiger partial charge < -0.3 is 9.88 Å². The SMILES string of the molecule is O=C(CSc1nnc2n1CCCCC2)NN1C(=O)NC2(CCCCC2)C1=O. The zero-order valence-corrected chi connectivity index (χ0v) is 16.0. The molecular weight excluding hydrogens is 368 g/mol. The van der Waals surface area contributed by atoms with E-state index in [2.05, 4.69) is 25.5 Å². The average Bonchev–Trinajstić information content (AvgIpc) is 3.02. The molecule has 3 heterocycles. The van der Waals surface area contributed by atoms with Gasteiger partial charge in [-0.25, -0.2) is 4.79 Å². The number of urea groups is 1. The highest BCUT2D eigenvalue weighted by Gasteiger charge is 2.52. The average molecular weight is 392 g/mol. The van der Waals surface area contributed by atoms with Crippen LogP contribution in [0.5, 0.6) is 0 Å². The fourth-order valence-corrected chi connectivity index (χ4v) is 4.84. The van der Waals surface area contributed by atoms with Crippen LogP contribution in [0.15, 0.2) is 5.16 Å². The Kier molecular flexibility index (Phi) is 5.07. The van der Waals surface area contributed by atoms with E-state index < -0.39 is 17.5 Å². The number of imide groups is 1. The minimum atomic E-state index is -0.833. The molecule has 1 aromatic heterocycles. The lowest BCUT2D eigenvalue weighted by molar-refractivity contribution is -0.139. The molecule has 146 valence electrons. The van der Waals surface area contributed by atoms with Gasteiger partial charge in [0.25, 0.3) is 5.91 Å². The molecule has 2 N–H and O–H groups in total. The van der Waals surface area contributed by atoms with Crippen molar-refractivity contribution >= 4 is 29.6 Å². The number of hydrogen-bond acceptors (Lipinski definition) is 6. The lowest BCUT2D eigenvalue weighted by Gasteiger charge is -2.30. The molecule has 0 bridgehead atoms. The Balaban J connectivity index is 1.35. The predicted octanol–water partition coefficient (Wildman–Crippen LogP) is 1.38. The topological polar surface area (TPSA) is 109 Å². The first-order chi connectivity index (χ1) is 13.1. The van der Waals surface area contributed by atoms with Crippen molar-refractivity contribution < 1.29 is 14.4 Å². The summed E-state index contributed by atoms with van der Waals surface area (Å²) in [5, 5.41) is 12.7. The zero-order chi connectivity index (χ0) is 18.9. The van der Waals surface area contributed by atoms with Gasteiger partial charge in [-0.05, 0) is 25.7 Å². The fourth-order valence-electron chi connectivity index (χ4n) is 4.07. The molecule has 4 amide bonds. The van der Waals surface area contributed by atoms with Gasteiger partial charge in [-0.1, -0.05) is 37.4 Å². The van der Waals surface area contributed by atoms with Crippen LogP contribution < -0.4 is 10.7 Å². The number of hydrazine groups is 1. The summed E-state index contributed by atoms with van der Waals surface area (Å²) in [6.45, 7) is 0.863. The molecule has 1 aliphatic carbocycles. The molecular formula is C17H24N6O3S. The Morgan fingerprint density at radius 3 is 2.70 bits per heavy atom. The Morgan fingerprint density at radius 2 is 1.89 bits per heavy atom. The van der Waals surface area contributed by atoms with Gasteiger partial charge in [-0.3, -0.25) is 15.0 Å². The lowest BCUT2D eigenvalue weighted by atomic mass is 9.82. The van der Waals surface area contributed by atoms with Crippen molar-refractivity contribution in [2.45, 2.75) is 75.0 Å². The third-order valence-electron chi connectivity index (χ3n) is 5.51. The molecule has 1 saturated carbocycles. The molecule has 0 unspecified atom stereocenters. The minimum absolute atomic E-state index is 0.0716. The zero-order valence-electron chi connectivity index (χ0n) is 15.2. The Hall–Kier alpha value is -2.10. The second-order valence-corrected chi connectivity index (χ2v) is 8.34. The van der Waals surface area contributed by atoms with E-state index in [1.165, 1.54) is 18.2 Å². The summed E-state index contributed by atoms with van der Waals surface area (Å²) in [5.41, 5.74) is 1.63. The van der Waals surface area contributed by atoms with E-state index >= 15 is 0 Å². The summed E-state index contributed by atoms with van der Waals surface area (Å²) < 4.78 is 2.07. The molecule has 2 fully saturated rings. The summed E-state index contributed by atoms with van der Waals surface area (Å²) in [6, 6.07) is -0.545. The maximum atomic E-state index is 12.7.